The normalized spacial score (nSPS) is 9.42. The molecule has 12 heavy (non-hydrogen) atoms. The summed E-state index contributed by atoms with van der Waals surface area (Å²) in [6.45, 7) is 2.62. The van der Waals surface area contributed by atoms with E-state index >= 15 is 0 Å². The Bertz CT molecular complexity index is 287. The zero-order valence-corrected chi connectivity index (χ0v) is 8.06. The van der Waals surface area contributed by atoms with Gasteiger partial charge >= 0.3 is 0 Å². The Kier molecular flexibility index (Phi) is 3.06. The molecule has 0 N–H and O–H groups in total. The van der Waals surface area contributed by atoms with Crippen molar-refractivity contribution >= 4 is 16.7 Å². The molecular formula is C8H11N3S. The van der Waals surface area contributed by atoms with Gasteiger partial charge in [-0.3, -0.25) is 0 Å². The standard InChI is InChI=1S/C8H11N3S/c1-4-6-11(3)8-9-7(5-2)10-12-8/h1H,5-6H2,2-3H3. The Morgan fingerprint density at radius 3 is 2.92 bits per heavy atom. The monoisotopic (exact) mass is 181 g/mol. The van der Waals surface area contributed by atoms with Gasteiger partial charge in [0.15, 0.2) is 0 Å². The van der Waals surface area contributed by atoms with Gasteiger partial charge in [-0.05, 0) is 0 Å². The lowest BCUT2D eigenvalue weighted by Crippen LogP contribution is -2.16. The summed E-state index contributed by atoms with van der Waals surface area (Å²) < 4.78 is 4.16. The number of hydrogen-bond acceptors (Lipinski definition) is 4. The van der Waals surface area contributed by atoms with Crippen molar-refractivity contribution in [3.05, 3.63) is 5.82 Å². The molecule has 0 saturated heterocycles. The van der Waals surface area contributed by atoms with Crippen LogP contribution in [0.3, 0.4) is 0 Å². The Labute approximate surface area is 76.6 Å². The zero-order chi connectivity index (χ0) is 8.97. The number of aromatic nitrogens is 2. The maximum absolute atomic E-state index is 5.17. The van der Waals surface area contributed by atoms with Crippen molar-refractivity contribution in [3.8, 4) is 12.3 Å². The Morgan fingerprint density at radius 2 is 2.42 bits per heavy atom. The molecule has 4 heteroatoms. The Morgan fingerprint density at radius 1 is 1.67 bits per heavy atom. The third-order valence-corrected chi connectivity index (χ3v) is 2.30. The molecule has 0 aliphatic carbocycles. The first-order chi connectivity index (χ1) is 5.77. The van der Waals surface area contributed by atoms with Crippen LogP contribution in [0.1, 0.15) is 12.7 Å². The molecule has 0 spiro atoms. The predicted octanol–water partition coefficient (Wildman–Crippen LogP) is 1.17. The minimum atomic E-state index is 0.582. The lowest BCUT2D eigenvalue weighted by Gasteiger charge is -2.09. The number of terminal acetylenes is 1. The second-order valence-electron chi connectivity index (χ2n) is 2.41. The maximum atomic E-state index is 5.17. The summed E-state index contributed by atoms with van der Waals surface area (Å²) in [7, 11) is 1.92. The minimum absolute atomic E-state index is 0.582. The highest BCUT2D eigenvalue weighted by Gasteiger charge is 2.05. The highest BCUT2D eigenvalue weighted by atomic mass is 32.1. The Balaban J connectivity index is 2.69. The van der Waals surface area contributed by atoms with Gasteiger partial charge in [-0.2, -0.15) is 4.37 Å². The van der Waals surface area contributed by atoms with E-state index in [2.05, 4.69) is 15.3 Å². The second-order valence-corrected chi connectivity index (χ2v) is 3.14. The largest absolute Gasteiger partial charge is 0.339 e. The summed E-state index contributed by atoms with van der Waals surface area (Å²) in [6, 6.07) is 0. The molecule has 0 aliphatic heterocycles. The fourth-order valence-electron chi connectivity index (χ4n) is 0.748. The molecule has 0 radical (unpaired) electrons. The number of rotatable bonds is 3. The summed E-state index contributed by atoms with van der Waals surface area (Å²) in [6.07, 6.45) is 6.05. The van der Waals surface area contributed by atoms with Crippen LogP contribution in [-0.2, 0) is 6.42 Å². The molecule has 0 atom stereocenters. The summed E-state index contributed by atoms with van der Waals surface area (Å²) in [5.74, 6) is 3.45. The lowest BCUT2D eigenvalue weighted by atomic mass is 10.5. The van der Waals surface area contributed by atoms with Crippen molar-refractivity contribution in [2.24, 2.45) is 0 Å². The van der Waals surface area contributed by atoms with Crippen molar-refractivity contribution in [1.29, 1.82) is 0 Å². The summed E-state index contributed by atoms with van der Waals surface area (Å²) in [4.78, 5) is 6.20. The molecule has 64 valence electrons. The highest BCUT2D eigenvalue weighted by Crippen LogP contribution is 2.14. The molecule has 1 heterocycles. The number of nitrogens with zero attached hydrogens (tertiary/aromatic N) is 3. The van der Waals surface area contributed by atoms with Crippen LogP contribution >= 0.6 is 11.5 Å². The first-order valence-corrected chi connectivity index (χ1v) is 4.52. The maximum Gasteiger partial charge on any atom is 0.205 e. The van der Waals surface area contributed by atoms with Crippen molar-refractivity contribution in [2.75, 3.05) is 18.5 Å². The van der Waals surface area contributed by atoms with Gasteiger partial charge in [0, 0.05) is 25.0 Å². The van der Waals surface area contributed by atoms with Crippen LogP contribution in [0, 0.1) is 12.3 Å². The van der Waals surface area contributed by atoms with E-state index in [1.807, 2.05) is 18.9 Å². The van der Waals surface area contributed by atoms with Gasteiger partial charge < -0.3 is 4.90 Å². The van der Waals surface area contributed by atoms with Crippen LogP contribution in [0.5, 0.6) is 0 Å². The van der Waals surface area contributed by atoms with Crippen molar-refractivity contribution in [3.63, 3.8) is 0 Å². The molecule has 3 nitrogen and oxygen atoms in total. The summed E-state index contributed by atoms with van der Waals surface area (Å²) in [5.41, 5.74) is 0. The summed E-state index contributed by atoms with van der Waals surface area (Å²) >= 11 is 1.39. The van der Waals surface area contributed by atoms with Crippen LogP contribution in [0.4, 0.5) is 5.13 Å². The van der Waals surface area contributed by atoms with Crippen LogP contribution in [0.15, 0.2) is 0 Å². The van der Waals surface area contributed by atoms with Crippen molar-refractivity contribution in [1.82, 2.24) is 9.36 Å². The zero-order valence-electron chi connectivity index (χ0n) is 7.24. The number of hydrogen-bond donors (Lipinski definition) is 0. The second kappa shape index (κ2) is 4.07. The molecular weight excluding hydrogens is 170 g/mol. The minimum Gasteiger partial charge on any atom is -0.339 e. The molecule has 1 rings (SSSR count). The first kappa shape index (κ1) is 9.01. The molecule has 1 aromatic rings. The average molecular weight is 181 g/mol. The van der Waals surface area contributed by atoms with Crippen LogP contribution in [0.2, 0.25) is 0 Å². The van der Waals surface area contributed by atoms with Gasteiger partial charge in [0.1, 0.15) is 5.82 Å². The Hall–Kier alpha value is -1.08. The van der Waals surface area contributed by atoms with E-state index in [1.165, 1.54) is 11.5 Å². The molecule has 0 saturated carbocycles. The molecule has 0 fully saturated rings. The molecule has 0 bridgehead atoms. The molecule has 0 amide bonds. The van der Waals surface area contributed by atoms with Crippen LogP contribution in [-0.4, -0.2) is 22.9 Å². The van der Waals surface area contributed by atoms with Crippen LogP contribution < -0.4 is 4.90 Å². The number of anilines is 1. The van der Waals surface area contributed by atoms with Gasteiger partial charge in [-0.25, -0.2) is 4.98 Å². The lowest BCUT2D eigenvalue weighted by molar-refractivity contribution is 0.965. The van der Waals surface area contributed by atoms with E-state index in [9.17, 15) is 0 Å². The van der Waals surface area contributed by atoms with E-state index < -0.39 is 0 Å². The average Bonchev–Trinajstić information content (AvgIpc) is 2.52. The van der Waals surface area contributed by atoms with Crippen molar-refractivity contribution in [2.45, 2.75) is 13.3 Å². The van der Waals surface area contributed by atoms with Gasteiger partial charge in [-0.15, -0.1) is 6.42 Å². The van der Waals surface area contributed by atoms with Crippen molar-refractivity contribution < 1.29 is 0 Å². The van der Waals surface area contributed by atoms with E-state index in [4.69, 9.17) is 6.42 Å². The van der Waals surface area contributed by atoms with Crippen LogP contribution in [0.25, 0.3) is 0 Å². The van der Waals surface area contributed by atoms with E-state index in [1.54, 1.807) is 0 Å². The van der Waals surface area contributed by atoms with Gasteiger partial charge in [0.25, 0.3) is 0 Å². The van der Waals surface area contributed by atoms with Gasteiger partial charge in [0.2, 0.25) is 5.13 Å². The molecule has 0 aromatic carbocycles. The smallest absolute Gasteiger partial charge is 0.205 e. The fourth-order valence-corrected chi connectivity index (χ4v) is 1.46. The SMILES string of the molecule is C#CCN(C)c1nc(CC)ns1. The third kappa shape index (κ3) is 1.95. The molecule has 0 unspecified atom stereocenters. The summed E-state index contributed by atoms with van der Waals surface area (Å²) in [5, 5.41) is 0.893. The first-order valence-electron chi connectivity index (χ1n) is 3.75. The molecule has 1 aromatic heterocycles. The van der Waals surface area contributed by atoms with Gasteiger partial charge in [0.05, 0.1) is 6.54 Å². The third-order valence-electron chi connectivity index (χ3n) is 1.43. The molecule has 0 aliphatic rings. The van der Waals surface area contributed by atoms with E-state index in [-0.39, 0.29) is 0 Å². The van der Waals surface area contributed by atoms with E-state index in [0.717, 1.165) is 17.4 Å². The van der Waals surface area contributed by atoms with E-state index in [0.29, 0.717) is 6.54 Å². The topological polar surface area (TPSA) is 29.0 Å². The number of aryl methyl sites for hydroxylation is 1. The quantitative estimate of drug-likeness (QED) is 0.655. The predicted molar refractivity (Wildman–Crippen MR) is 51.4 cm³/mol. The fraction of sp³-hybridized carbons (Fsp3) is 0.500. The van der Waals surface area contributed by atoms with Gasteiger partial charge in [-0.1, -0.05) is 12.8 Å². The highest BCUT2D eigenvalue weighted by molar-refractivity contribution is 7.09.